The van der Waals surface area contributed by atoms with Crippen LogP contribution < -0.4 is 14.2 Å². The molecule has 9 heteroatoms. The van der Waals surface area contributed by atoms with E-state index < -0.39 is 0 Å². The van der Waals surface area contributed by atoms with Crippen molar-refractivity contribution in [3.8, 4) is 34.4 Å². The SMILES string of the molecule is Cc1c(COc2cc(OCc3cncc(C#N)c3)c(CN3CCCCC3)cc2Cl)cccc1-c1cccc(OCCCN2CCC3(CCOC3)C2)c1C. The Kier molecular flexibility index (Phi) is 12.2. The zero-order chi connectivity index (χ0) is 36.6. The van der Waals surface area contributed by atoms with Gasteiger partial charge in [0.05, 0.1) is 23.8 Å². The maximum absolute atomic E-state index is 9.34. The second kappa shape index (κ2) is 17.3. The number of halogens is 1. The summed E-state index contributed by atoms with van der Waals surface area (Å²) in [5.41, 5.74) is 8.46. The van der Waals surface area contributed by atoms with Crippen LogP contribution in [0.2, 0.25) is 5.02 Å². The molecule has 3 saturated heterocycles. The van der Waals surface area contributed by atoms with E-state index in [1.54, 1.807) is 18.5 Å². The highest BCUT2D eigenvalue weighted by Crippen LogP contribution is 2.39. The molecule has 0 aliphatic carbocycles. The molecule has 3 aromatic carbocycles. The van der Waals surface area contributed by atoms with Gasteiger partial charge in [0.2, 0.25) is 0 Å². The lowest BCUT2D eigenvalue weighted by atomic mass is 9.87. The van der Waals surface area contributed by atoms with Crippen LogP contribution in [0.15, 0.2) is 67.0 Å². The Morgan fingerprint density at radius 2 is 1.64 bits per heavy atom. The molecule has 4 aromatic rings. The average molecular weight is 735 g/mol. The number of nitrogens with zero attached hydrogens (tertiary/aromatic N) is 4. The van der Waals surface area contributed by atoms with E-state index in [1.165, 1.54) is 38.6 Å². The number of nitriles is 1. The molecule has 0 N–H and O–H groups in total. The Balaban J connectivity index is 1.02. The minimum Gasteiger partial charge on any atom is -0.493 e. The first-order chi connectivity index (χ1) is 25.9. The summed E-state index contributed by atoms with van der Waals surface area (Å²) in [4.78, 5) is 9.23. The zero-order valence-electron chi connectivity index (χ0n) is 31.2. The lowest BCUT2D eigenvalue weighted by Crippen LogP contribution is -2.29. The highest BCUT2D eigenvalue weighted by atomic mass is 35.5. The van der Waals surface area contributed by atoms with E-state index in [1.807, 2.05) is 12.1 Å². The van der Waals surface area contributed by atoms with Crippen LogP contribution in [0.3, 0.4) is 0 Å². The number of benzene rings is 3. The maximum atomic E-state index is 9.34. The van der Waals surface area contributed by atoms with Crippen LogP contribution in [0.5, 0.6) is 17.2 Å². The number of likely N-dealkylation sites (tertiary alicyclic amines) is 2. The van der Waals surface area contributed by atoms with Crippen molar-refractivity contribution in [1.29, 1.82) is 5.26 Å². The number of ether oxygens (including phenoxy) is 4. The van der Waals surface area contributed by atoms with E-state index >= 15 is 0 Å². The van der Waals surface area contributed by atoms with E-state index in [9.17, 15) is 5.26 Å². The molecule has 53 heavy (non-hydrogen) atoms. The van der Waals surface area contributed by atoms with Gasteiger partial charge in [-0.1, -0.05) is 48.4 Å². The summed E-state index contributed by atoms with van der Waals surface area (Å²) >= 11 is 6.90. The first-order valence-electron chi connectivity index (χ1n) is 19.2. The molecule has 0 radical (unpaired) electrons. The molecule has 8 nitrogen and oxygen atoms in total. The number of hydrogen-bond acceptors (Lipinski definition) is 8. The summed E-state index contributed by atoms with van der Waals surface area (Å²) in [6, 6.07) is 20.6. The van der Waals surface area contributed by atoms with Crippen molar-refractivity contribution in [3.05, 3.63) is 105 Å². The van der Waals surface area contributed by atoms with Crippen molar-refractivity contribution in [1.82, 2.24) is 14.8 Å². The fourth-order valence-corrected chi connectivity index (χ4v) is 8.34. The monoisotopic (exact) mass is 734 g/mol. The van der Waals surface area contributed by atoms with E-state index in [2.05, 4.69) is 71.1 Å². The molecular formula is C44H51ClN4O4. The molecule has 7 rings (SSSR count). The number of aromatic nitrogens is 1. The fourth-order valence-electron chi connectivity index (χ4n) is 8.10. The van der Waals surface area contributed by atoms with E-state index in [-0.39, 0.29) is 6.61 Å². The van der Waals surface area contributed by atoms with Crippen LogP contribution in [-0.2, 0) is 24.5 Å². The Hall–Kier alpha value is -4.13. The van der Waals surface area contributed by atoms with Gasteiger partial charge in [-0.2, -0.15) is 5.26 Å². The molecule has 3 aliphatic rings. The standard InChI is InChI=1S/C44H51ClN4O4/c1-32-36(9-6-10-38(32)39-11-7-12-41(33(39)2)51-19-8-17-49-18-13-44(30-49)14-20-50-31-44)29-53-43-23-42(52-28-35-21-34(24-46)25-47-26-35)37(22-40(43)45)27-48-15-4-3-5-16-48/h6-7,9-12,21-23,25-26H,3-5,8,13-20,27-31H2,1-2H3. The van der Waals surface area contributed by atoms with Gasteiger partial charge in [-0.05, 0) is 112 Å². The number of rotatable bonds is 14. The zero-order valence-corrected chi connectivity index (χ0v) is 31.9. The van der Waals surface area contributed by atoms with Crippen LogP contribution in [0.1, 0.15) is 71.9 Å². The fraction of sp³-hybridized carbons (Fsp3) is 0.455. The summed E-state index contributed by atoms with van der Waals surface area (Å²) in [6.07, 6.45) is 10.4. The van der Waals surface area contributed by atoms with Gasteiger partial charge in [0.25, 0.3) is 0 Å². The lowest BCUT2D eigenvalue weighted by molar-refractivity contribution is 0.151. The third-order valence-electron chi connectivity index (χ3n) is 11.3. The third kappa shape index (κ3) is 9.16. The van der Waals surface area contributed by atoms with Gasteiger partial charge >= 0.3 is 0 Å². The topological polar surface area (TPSA) is 80.1 Å². The van der Waals surface area contributed by atoms with Crippen LogP contribution in [0, 0.1) is 30.6 Å². The van der Waals surface area contributed by atoms with Gasteiger partial charge in [-0.25, -0.2) is 0 Å². The summed E-state index contributed by atoms with van der Waals surface area (Å²) in [5.74, 6) is 2.23. The van der Waals surface area contributed by atoms with Crippen molar-refractivity contribution in [2.24, 2.45) is 5.41 Å². The Morgan fingerprint density at radius 1 is 0.830 bits per heavy atom. The smallest absolute Gasteiger partial charge is 0.142 e. The van der Waals surface area contributed by atoms with Crippen molar-refractivity contribution in [2.75, 3.05) is 52.5 Å². The summed E-state index contributed by atoms with van der Waals surface area (Å²) in [5, 5.41) is 9.90. The molecule has 3 aliphatic heterocycles. The normalized spacial score (nSPS) is 19.1. The summed E-state index contributed by atoms with van der Waals surface area (Å²) < 4.78 is 24.9. The van der Waals surface area contributed by atoms with Gasteiger partial charge < -0.3 is 23.8 Å². The van der Waals surface area contributed by atoms with Crippen molar-refractivity contribution >= 4 is 11.6 Å². The first kappa shape index (κ1) is 37.2. The van der Waals surface area contributed by atoms with E-state index in [0.29, 0.717) is 35.0 Å². The summed E-state index contributed by atoms with van der Waals surface area (Å²) in [7, 11) is 0. The van der Waals surface area contributed by atoms with Crippen LogP contribution in [0.25, 0.3) is 11.1 Å². The van der Waals surface area contributed by atoms with Crippen LogP contribution in [-0.4, -0.2) is 67.3 Å². The Labute approximate surface area is 319 Å². The minimum atomic E-state index is 0.286. The molecule has 1 aromatic heterocycles. The molecule has 4 heterocycles. The van der Waals surface area contributed by atoms with E-state index in [0.717, 1.165) is 103 Å². The molecule has 3 fully saturated rings. The highest BCUT2D eigenvalue weighted by Gasteiger charge is 2.40. The molecule has 0 saturated carbocycles. The Bertz CT molecular complexity index is 1910. The van der Waals surface area contributed by atoms with E-state index in [4.69, 9.17) is 30.5 Å². The summed E-state index contributed by atoms with van der Waals surface area (Å²) in [6.45, 7) is 13.7. The van der Waals surface area contributed by atoms with Gasteiger partial charge in [0, 0.05) is 61.2 Å². The minimum absolute atomic E-state index is 0.286. The highest BCUT2D eigenvalue weighted by molar-refractivity contribution is 6.32. The quantitative estimate of drug-likeness (QED) is 0.119. The van der Waals surface area contributed by atoms with Crippen molar-refractivity contribution < 1.29 is 18.9 Å². The molecule has 278 valence electrons. The molecule has 0 amide bonds. The number of piperidine rings is 1. The van der Waals surface area contributed by atoms with Crippen molar-refractivity contribution in [3.63, 3.8) is 0 Å². The molecule has 1 spiro atoms. The van der Waals surface area contributed by atoms with Gasteiger partial charge in [-0.15, -0.1) is 0 Å². The van der Waals surface area contributed by atoms with Crippen LogP contribution in [0.4, 0.5) is 0 Å². The predicted octanol–water partition coefficient (Wildman–Crippen LogP) is 8.92. The van der Waals surface area contributed by atoms with Gasteiger partial charge in [0.1, 0.15) is 36.5 Å². The predicted molar refractivity (Wildman–Crippen MR) is 209 cm³/mol. The van der Waals surface area contributed by atoms with Crippen LogP contribution >= 0.6 is 11.6 Å². The number of hydrogen-bond donors (Lipinski definition) is 0. The van der Waals surface area contributed by atoms with Gasteiger partial charge in [-0.3, -0.25) is 9.88 Å². The second-order valence-corrected chi connectivity index (χ2v) is 15.5. The lowest BCUT2D eigenvalue weighted by Gasteiger charge is -2.27. The van der Waals surface area contributed by atoms with Gasteiger partial charge in [0.15, 0.2) is 0 Å². The first-order valence-corrected chi connectivity index (χ1v) is 19.5. The third-order valence-corrected chi connectivity index (χ3v) is 11.6. The maximum Gasteiger partial charge on any atom is 0.142 e. The molecular weight excluding hydrogens is 684 g/mol. The average Bonchev–Trinajstić information content (AvgIpc) is 3.82. The number of pyridine rings is 1. The second-order valence-electron chi connectivity index (χ2n) is 15.0. The molecule has 1 atom stereocenters. The largest absolute Gasteiger partial charge is 0.493 e. The Morgan fingerprint density at radius 3 is 2.45 bits per heavy atom. The van der Waals surface area contributed by atoms with Crippen molar-refractivity contribution in [2.45, 2.75) is 72.1 Å². The molecule has 1 unspecified atom stereocenters. The molecule has 0 bridgehead atoms.